The number of likely N-dealkylation sites (N-methyl/N-ethyl adjacent to an activating group) is 2. The Morgan fingerprint density at radius 1 is 1.13 bits per heavy atom. The monoisotopic (exact) mass is 214 g/mol. The summed E-state index contributed by atoms with van der Waals surface area (Å²) in [6.45, 7) is 13.7. The van der Waals surface area contributed by atoms with Crippen molar-refractivity contribution in [2.24, 2.45) is 0 Å². The van der Waals surface area contributed by atoms with Gasteiger partial charge in [0.1, 0.15) is 0 Å². The molecule has 2 nitrogen and oxygen atoms in total. The summed E-state index contributed by atoms with van der Waals surface area (Å²) in [4.78, 5) is 2.55. The van der Waals surface area contributed by atoms with Crippen molar-refractivity contribution in [1.29, 1.82) is 0 Å². The highest BCUT2D eigenvalue weighted by atomic mass is 15.2. The Morgan fingerprint density at radius 2 is 1.67 bits per heavy atom. The Kier molecular flexibility index (Phi) is 7.20. The smallest absolute Gasteiger partial charge is 0.0305 e. The lowest BCUT2D eigenvalue weighted by Crippen LogP contribution is -2.56. The molecule has 0 aromatic heterocycles. The van der Waals surface area contributed by atoms with E-state index < -0.39 is 0 Å². The van der Waals surface area contributed by atoms with Gasteiger partial charge in [-0.3, -0.25) is 4.90 Å². The van der Waals surface area contributed by atoms with Crippen LogP contribution in [0.4, 0.5) is 0 Å². The summed E-state index contributed by atoms with van der Waals surface area (Å²) in [7, 11) is 2.09. The highest BCUT2D eigenvalue weighted by Gasteiger charge is 2.32. The lowest BCUT2D eigenvalue weighted by molar-refractivity contribution is 0.0898. The molecule has 0 bridgehead atoms. The molecule has 0 saturated carbocycles. The van der Waals surface area contributed by atoms with Crippen LogP contribution in [-0.2, 0) is 0 Å². The van der Waals surface area contributed by atoms with Gasteiger partial charge in [0.2, 0.25) is 0 Å². The molecule has 0 heterocycles. The van der Waals surface area contributed by atoms with Gasteiger partial charge in [-0.2, -0.15) is 0 Å². The second-order valence-electron chi connectivity index (χ2n) is 4.81. The van der Waals surface area contributed by atoms with Crippen LogP contribution in [0.1, 0.15) is 53.9 Å². The van der Waals surface area contributed by atoms with E-state index in [9.17, 15) is 0 Å². The van der Waals surface area contributed by atoms with E-state index in [4.69, 9.17) is 0 Å². The lowest BCUT2D eigenvalue weighted by atomic mass is 9.88. The minimum absolute atomic E-state index is 0.257. The third-order valence-electron chi connectivity index (χ3n) is 3.63. The van der Waals surface area contributed by atoms with Crippen molar-refractivity contribution in [3.8, 4) is 0 Å². The zero-order chi connectivity index (χ0) is 11.9. The molecule has 0 fully saturated rings. The molecule has 0 spiro atoms. The van der Waals surface area contributed by atoms with E-state index in [0.717, 1.165) is 13.1 Å². The van der Waals surface area contributed by atoms with Gasteiger partial charge in [-0.05, 0) is 40.4 Å². The number of unbranched alkanes of at least 4 members (excludes halogenated alkanes) is 1. The summed E-state index contributed by atoms with van der Waals surface area (Å²) in [6, 6.07) is 0.595. The highest BCUT2D eigenvalue weighted by Crippen LogP contribution is 2.22. The van der Waals surface area contributed by atoms with E-state index in [1.807, 2.05) is 0 Å². The molecular formula is C13H30N2. The van der Waals surface area contributed by atoms with Crippen LogP contribution in [0.15, 0.2) is 0 Å². The van der Waals surface area contributed by atoms with E-state index in [1.54, 1.807) is 0 Å². The molecule has 0 aliphatic carbocycles. The van der Waals surface area contributed by atoms with Gasteiger partial charge in [-0.15, -0.1) is 0 Å². The minimum Gasteiger partial charge on any atom is -0.315 e. The number of nitrogens with one attached hydrogen (secondary N) is 1. The largest absolute Gasteiger partial charge is 0.315 e. The topological polar surface area (TPSA) is 15.3 Å². The third kappa shape index (κ3) is 4.12. The number of rotatable bonds is 8. The molecule has 0 amide bonds. The van der Waals surface area contributed by atoms with Gasteiger partial charge in [0.05, 0.1) is 0 Å². The van der Waals surface area contributed by atoms with Crippen molar-refractivity contribution in [2.75, 3.05) is 20.1 Å². The maximum atomic E-state index is 3.48. The molecule has 0 rings (SSSR count). The minimum atomic E-state index is 0.257. The van der Waals surface area contributed by atoms with Gasteiger partial charge < -0.3 is 5.32 Å². The zero-order valence-electron chi connectivity index (χ0n) is 11.6. The van der Waals surface area contributed by atoms with Crippen LogP contribution in [0, 0.1) is 0 Å². The summed E-state index contributed by atoms with van der Waals surface area (Å²) in [6.07, 6.45) is 3.87. The Labute approximate surface area is 96.4 Å². The fourth-order valence-corrected chi connectivity index (χ4v) is 2.52. The molecule has 0 aliphatic heterocycles. The zero-order valence-corrected chi connectivity index (χ0v) is 11.6. The van der Waals surface area contributed by atoms with Crippen LogP contribution in [-0.4, -0.2) is 36.6 Å². The van der Waals surface area contributed by atoms with Crippen LogP contribution in [0.5, 0.6) is 0 Å². The molecule has 1 N–H and O–H groups in total. The van der Waals surface area contributed by atoms with Crippen LogP contribution >= 0.6 is 0 Å². The maximum absolute atomic E-state index is 3.48. The van der Waals surface area contributed by atoms with Gasteiger partial charge >= 0.3 is 0 Å². The molecular weight excluding hydrogens is 184 g/mol. The summed E-state index contributed by atoms with van der Waals surface area (Å²) in [5.74, 6) is 0. The van der Waals surface area contributed by atoms with Crippen molar-refractivity contribution in [2.45, 2.75) is 65.5 Å². The number of nitrogens with zero attached hydrogens (tertiary/aromatic N) is 1. The standard InChI is InChI=1S/C13H30N2/c1-7-10-11-12(14-6)13(4,5)15(8-2)9-3/h12,14H,7-11H2,1-6H3. The highest BCUT2D eigenvalue weighted by molar-refractivity contribution is 4.92. The first-order valence-corrected chi connectivity index (χ1v) is 6.46. The first kappa shape index (κ1) is 14.9. The predicted molar refractivity (Wildman–Crippen MR) is 69.4 cm³/mol. The Balaban J connectivity index is 4.47. The summed E-state index contributed by atoms with van der Waals surface area (Å²) in [5, 5.41) is 3.48. The third-order valence-corrected chi connectivity index (χ3v) is 3.63. The Bertz CT molecular complexity index is 151. The summed E-state index contributed by atoms with van der Waals surface area (Å²) in [5.41, 5.74) is 0.257. The number of hydrogen-bond donors (Lipinski definition) is 1. The number of hydrogen-bond acceptors (Lipinski definition) is 2. The molecule has 15 heavy (non-hydrogen) atoms. The van der Waals surface area contributed by atoms with E-state index >= 15 is 0 Å². The van der Waals surface area contributed by atoms with E-state index in [-0.39, 0.29) is 5.54 Å². The SMILES string of the molecule is CCCCC(NC)C(C)(C)N(CC)CC. The second-order valence-corrected chi connectivity index (χ2v) is 4.81. The van der Waals surface area contributed by atoms with Crippen LogP contribution in [0.3, 0.4) is 0 Å². The fourth-order valence-electron chi connectivity index (χ4n) is 2.52. The van der Waals surface area contributed by atoms with Crippen molar-refractivity contribution in [3.05, 3.63) is 0 Å². The average molecular weight is 214 g/mol. The summed E-state index contributed by atoms with van der Waals surface area (Å²) >= 11 is 0. The molecule has 1 atom stereocenters. The van der Waals surface area contributed by atoms with Gasteiger partial charge in [-0.1, -0.05) is 33.6 Å². The Hall–Kier alpha value is -0.0800. The van der Waals surface area contributed by atoms with Gasteiger partial charge in [0.15, 0.2) is 0 Å². The predicted octanol–water partition coefficient (Wildman–Crippen LogP) is 2.89. The van der Waals surface area contributed by atoms with E-state index in [1.165, 1.54) is 19.3 Å². The van der Waals surface area contributed by atoms with Crippen molar-refractivity contribution in [3.63, 3.8) is 0 Å². The molecule has 0 aliphatic rings. The van der Waals surface area contributed by atoms with Crippen LogP contribution < -0.4 is 5.32 Å². The van der Waals surface area contributed by atoms with Crippen LogP contribution in [0.2, 0.25) is 0 Å². The first-order valence-electron chi connectivity index (χ1n) is 6.46. The molecule has 92 valence electrons. The van der Waals surface area contributed by atoms with Gasteiger partial charge in [0, 0.05) is 11.6 Å². The molecule has 0 radical (unpaired) electrons. The van der Waals surface area contributed by atoms with E-state index in [0.29, 0.717) is 6.04 Å². The summed E-state index contributed by atoms with van der Waals surface area (Å²) < 4.78 is 0. The van der Waals surface area contributed by atoms with Gasteiger partial charge in [-0.25, -0.2) is 0 Å². The molecule has 0 aromatic rings. The lowest BCUT2D eigenvalue weighted by Gasteiger charge is -2.43. The molecule has 1 unspecified atom stereocenters. The first-order chi connectivity index (χ1) is 7.04. The molecule has 0 saturated heterocycles. The van der Waals surface area contributed by atoms with Crippen LogP contribution in [0.25, 0.3) is 0 Å². The maximum Gasteiger partial charge on any atom is 0.0305 e. The van der Waals surface area contributed by atoms with E-state index in [2.05, 4.69) is 51.9 Å². The van der Waals surface area contributed by atoms with Crippen molar-refractivity contribution < 1.29 is 0 Å². The molecule has 0 aromatic carbocycles. The normalized spacial score (nSPS) is 14.6. The quantitative estimate of drug-likeness (QED) is 0.668. The fraction of sp³-hybridized carbons (Fsp3) is 1.00. The van der Waals surface area contributed by atoms with Crippen molar-refractivity contribution >= 4 is 0 Å². The second kappa shape index (κ2) is 7.24. The van der Waals surface area contributed by atoms with Gasteiger partial charge in [0.25, 0.3) is 0 Å². The Morgan fingerprint density at radius 3 is 2.00 bits per heavy atom. The van der Waals surface area contributed by atoms with Crippen molar-refractivity contribution in [1.82, 2.24) is 10.2 Å². The average Bonchev–Trinajstić information content (AvgIpc) is 2.20. The molecule has 2 heteroatoms.